The number of methoxy groups -OCH3 is 1. The van der Waals surface area contributed by atoms with Gasteiger partial charge in [0.05, 0.1) is 12.9 Å². The fraction of sp³-hybridized carbons (Fsp3) is 0.571. The summed E-state index contributed by atoms with van der Waals surface area (Å²) >= 11 is 0. The molecule has 0 fully saturated rings. The Morgan fingerprint density at radius 1 is 1.40 bits per heavy atom. The molecule has 0 radical (unpaired) electrons. The Bertz CT molecular complexity index is 531. The molecule has 1 N–H and O–H groups in total. The lowest BCUT2D eigenvalue weighted by Gasteiger charge is -2.17. The van der Waals surface area contributed by atoms with Gasteiger partial charge >= 0.3 is 0 Å². The molecule has 0 heterocycles. The van der Waals surface area contributed by atoms with Crippen molar-refractivity contribution in [2.24, 2.45) is 0 Å². The number of ether oxygens (including phenoxy) is 1. The summed E-state index contributed by atoms with van der Waals surface area (Å²) in [6, 6.07) is 4.68. The third kappa shape index (κ3) is 4.76. The summed E-state index contributed by atoms with van der Waals surface area (Å²) in [7, 11) is 0.284. The van der Waals surface area contributed by atoms with Crippen LogP contribution >= 0.6 is 0 Å². The van der Waals surface area contributed by atoms with Crippen LogP contribution in [-0.4, -0.2) is 34.1 Å². The minimum absolute atomic E-state index is 0.0171. The highest BCUT2D eigenvalue weighted by atomic mass is 32.2. The number of benzene rings is 1. The Labute approximate surface area is 120 Å². The predicted molar refractivity (Wildman–Crippen MR) is 78.3 cm³/mol. The molecule has 0 saturated carbocycles. The Kier molecular flexibility index (Phi) is 6.42. The molecule has 4 nitrogen and oxygen atoms in total. The Balaban J connectivity index is 2.71. The molecule has 0 aliphatic rings. The van der Waals surface area contributed by atoms with E-state index < -0.39 is 15.7 Å². The van der Waals surface area contributed by atoms with Gasteiger partial charge in [0.1, 0.15) is 9.84 Å². The first-order valence-corrected chi connectivity index (χ1v) is 8.46. The van der Waals surface area contributed by atoms with Crippen LogP contribution in [0.25, 0.3) is 0 Å². The van der Waals surface area contributed by atoms with Gasteiger partial charge in [0.25, 0.3) is 0 Å². The van der Waals surface area contributed by atoms with Gasteiger partial charge in [-0.25, -0.2) is 12.8 Å². The molecule has 0 bridgehead atoms. The average Bonchev–Trinajstić information content (AvgIpc) is 2.44. The van der Waals surface area contributed by atoms with Crippen LogP contribution in [0.4, 0.5) is 4.39 Å². The SMILES string of the molecule is CCS(=O)(=O)CCCC(NC)c1ccc(F)c(OC)c1. The second kappa shape index (κ2) is 7.59. The molecule has 0 saturated heterocycles. The van der Waals surface area contributed by atoms with E-state index >= 15 is 0 Å². The Morgan fingerprint density at radius 3 is 2.65 bits per heavy atom. The van der Waals surface area contributed by atoms with Crippen molar-refractivity contribution < 1.29 is 17.5 Å². The Hall–Kier alpha value is -1.14. The number of halogens is 1. The monoisotopic (exact) mass is 303 g/mol. The zero-order chi connectivity index (χ0) is 15.2. The molecule has 1 rings (SSSR count). The van der Waals surface area contributed by atoms with Crippen molar-refractivity contribution in [3.8, 4) is 5.75 Å². The van der Waals surface area contributed by atoms with Gasteiger partial charge in [-0.05, 0) is 37.6 Å². The third-order valence-electron chi connectivity index (χ3n) is 3.31. The first kappa shape index (κ1) is 16.9. The number of hydrogen-bond acceptors (Lipinski definition) is 4. The van der Waals surface area contributed by atoms with E-state index in [-0.39, 0.29) is 23.3 Å². The number of hydrogen-bond donors (Lipinski definition) is 1. The van der Waals surface area contributed by atoms with E-state index in [1.807, 2.05) is 0 Å². The van der Waals surface area contributed by atoms with Gasteiger partial charge in [0.15, 0.2) is 11.6 Å². The highest BCUT2D eigenvalue weighted by molar-refractivity contribution is 7.91. The fourth-order valence-electron chi connectivity index (χ4n) is 2.02. The highest BCUT2D eigenvalue weighted by Crippen LogP contribution is 2.25. The van der Waals surface area contributed by atoms with Crippen LogP contribution in [0.1, 0.15) is 31.4 Å². The molecule has 0 aliphatic carbocycles. The van der Waals surface area contributed by atoms with Crippen molar-refractivity contribution >= 4 is 9.84 Å². The molecule has 0 amide bonds. The summed E-state index contributed by atoms with van der Waals surface area (Å²) in [4.78, 5) is 0. The topological polar surface area (TPSA) is 55.4 Å². The zero-order valence-electron chi connectivity index (χ0n) is 12.1. The molecule has 1 aromatic rings. The van der Waals surface area contributed by atoms with E-state index in [0.29, 0.717) is 12.8 Å². The van der Waals surface area contributed by atoms with Gasteiger partial charge < -0.3 is 10.1 Å². The van der Waals surface area contributed by atoms with E-state index in [0.717, 1.165) is 5.56 Å². The third-order valence-corrected chi connectivity index (χ3v) is 5.10. The van der Waals surface area contributed by atoms with Gasteiger partial charge in [0.2, 0.25) is 0 Å². The van der Waals surface area contributed by atoms with E-state index in [9.17, 15) is 12.8 Å². The van der Waals surface area contributed by atoms with Crippen molar-refractivity contribution in [1.82, 2.24) is 5.32 Å². The maximum Gasteiger partial charge on any atom is 0.165 e. The molecule has 1 unspecified atom stereocenters. The van der Waals surface area contributed by atoms with Crippen molar-refractivity contribution in [2.75, 3.05) is 25.7 Å². The molecule has 0 aliphatic heterocycles. The number of sulfone groups is 1. The molecule has 20 heavy (non-hydrogen) atoms. The summed E-state index contributed by atoms with van der Waals surface area (Å²) in [5.41, 5.74) is 0.889. The first-order chi connectivity index (χ1) is 9.43. The molecule has 6 heteroatoms. The largest absolute Gasteiger partial charge is 0.494 e. The zero-order valence-corrected chi connectivity index (χ0v) is 13.0. The van der Waals surface area contributed by atoms with Crippen molar-refractivity contribution in [3.63, 3.8) is 0 Å². The summed E-state index contributed by atoms with van der Waals surface area (Å²) < 4.78 is 41.2. The molecule has 0 spiro atoms. The van der Waals surface area contributed by atoms with Gasteiger partial charge in [-0.1, -0.05) is 13.0 Å². The van der Waals surface area contributed by atoms with Crippen molar-refractivity contribution in [2.45, 2.75) is 25.8 Å². The fourth-order valence-corrected chi connectivity index (χ4v) is 2.92. The summed E-state index contributed by atoms with van der Waals surface area (Å²) in [5.74, 6) is 0.144. The molecule has 114 valence electrons. The second-order valence-corrected chi connectivity index (χ2v) is 7.09. The van der Waals surface area contributed by atoms with Crippen LogP contribution in [0.2, 0.25) is 0 Å². The predicted octanol–water partition coefficient (Wildman–Crippen LogP) is 2.31. The molecular formula is C14H22FNO3S. The van der Waals surface area contributed by atoms with E-state index in [2.05, 4.69) is 5.32 Å². The van der Waals surface area contributed by atoms with Gasteiger partial charge in [-0.15, -0.1) is 0 Å². The van der Waals surface area contributed by atoms with E-state index in [1.54, 1.807) is 26.1 Å². The van der Waals surface area contributed by atoms with Crippen LogP contribution in [0.5, 0.6) is 5.75 Å². The summed E-state index contributed by atoms with van der Waals surface area (Å²) in [5, 5.41) is 3.12. The molecule has 1 aromatic carbocycles. The minimum Gasteiger partial charge on any atom is -0.494 e. The maximum absolute atomic E-state index is 13.4. The van der Waals surface area contributed by atoms with Crippen LogP contribution < -0.4 is 10.1 Å². The van der Waals surface area contributed by atoms with Crippen molar-refractivity contribution in [1.29, 1.82) is 0 Å². The van der Waals surface area contributed by atoms with Crippen LogP contribution in [-0.2, 0) is 9.84 Å². The molecule has 1 atom stereocenters. The van der Waals surface area contributed by atoms with Crippen LogP contribution in [0.3, 0.4) is 0 Å². The van der Waals surface area contributed by atoms with Crippen LogP contribution in [0, 0.1) is 5.82 Å². The van der Waals surface area contributed by atoms with E-state index in [1.165, 1.54) is 13.2 Å². The average molecular weight is 303 g/mol. The molecular weight excluding hydrogens is 281 g/mol. The first-order valence-electron chi connectivity index (χ1n) is 6.64. The number of rotatable bonds is 8. The summed E-state index contributed by atoms with van der Waals surface area (Å²) in [6.45, 7) is 1.65. The highest BCUT2D eigenvalue weighted by Gasteiger charge is 2.14. The Morgan fingerprint density at radius 2 is 2.10 bits per heavy atom. The number of nitrogens with one attached hydrogen (secondary N) is 1. The van der Waals surface area contributed by atoms with Crippen molar-refractivity contribution in [3.05, 3.63) is 29.6 Å². The van der Waals surface area contributed by atoms with E-state index in [4.69, 9.17) is 4.74 Å². The quantitative estimate of drug-likeness (QED) is 0.800. The maximum atomic E-state index is 13.4. The smallest absolute Gasteiger partial charge is 0.165 e. The standard InChI is InChI=1S/C14H22FNO3S/c1-4-20(17,18)9-5-6-13(16-2)11-7-8-12(15)14(10-11)19-3/h7-8,10,13,16H,4-6,9H2,1-3H3. The lowest BCUT2D eigenvalue weighted by molar-refractivity contribution is 0.384. The second-order valence-electron chi connectivity index (χ2n) is 4.61. The molecule has 0 aromatic heterocycles. The van der Waals surface area contributed by atoms with Gasteiger partial charge in [-0.2, -0.15) is 0 Å². The lowest BCUT2D eigenvalue weighted by atomic mass is 10.0. The van der Waals surface area contributed by atoms with Gasteiger partial charge in [0, 0.05) is 11.8 Å². The minimum atomic E-state index is -2.94. The van der Waals surface area contributed by atoms with Crippen LogP contribution in [0.15, 0.2) is 18.2 Å². The summed E-state index contributed by atoms with van der Waals surface area (Å²) in [6.07, 6.45) is 1.24. The lowest BCUT2D eigenvalue weighted by Crippen LogP contribution is -2.18. The normalized spacial score (nSPS) is 13.2. The van der Waals surface area contributed by atoms with Gasteiger partial charge in [-0.3, -0.25) is 0 Å².